The number of aryl methyl sites for hydroxylation is 2. The van der Waals surface area contributed by atoms with Crippen LogP contribution in [0.5, 0.6) is 5.75 Å². The molecule has 0 saturated carbocycles. The van der Waals surface area contributed by atoms with Gasteiger partial charge < -0.3 is 15.7 Å². The Balaban J connectivity index is 2.53. The third-order valence-corrected chi connectivity index (χ3v) is 3.16. The number of hydrogen-bond donors (Lipinski definition) is 2. The second-order valence-corrected chi connectivity index (χ2v) is 5.11. The first-order chi connectivity index (χ1) is 8.90. The first-order valence-electron chi connectivity index (χ1n) is 6.15. The van der Waals surface area contributed by atoms with E-state index in [4.69, 9.17) is 5.73 Å². The lowest BCUT2D eigenvalue weighted by Gasteiger charge is -2.14. The average Bonchev–Trinajstić information content (AvgIpc) is 2.65. The van der Waals surface area contributed by atoms with Gasteiger partial charge in [-0.1, -0.05) is 0 Å². The van der Waals surface area contributed by atoms with Crippen LogP contribution >= 0.6 is 0 Å². The summed E-state index contributed by atoms with van der Waals surface area (Å²) in [6.07, 6.45) is 1.75. The Morgan fingerprint density at radius 2 is 2.05 bits per heavy atom. The van der Waals surface area contributed by atoms with Crippen molar-refractivity contribution >= 4 is 5.82 Å². The quantitative estimate of drug-likeness (QED) is 0.882. The molecule has 19 heavy (non-hydrogen) atoms. The second-order valence-electron chi connectivity index (χ2n) is 5.11. The highest BCUT2D eigenvalue weighted by atomic mass is 16.3. The molecule has 0 radical (unpaired) electrons. The Morgan fingerprint density at radius 3 is 2.58 bits per heavy atom. The molecule has 2 rings (SSSR count). The Labute approximate surface area is 113 Å². The summed E-state index contributed by atoms with van der Waals surface area (Å²) in [7, 11) is 5.76. The van der Waals surface area contributed by atoms with Crippen LogP contribution in [0, 0.1) is 6.92 Å². The zero-order chi connectivity index (χ0) is 14.2. The number of nitrogens with two attached hydrogens (primary N) is 1. The van der Waals surface area contributed by atoms with Crippen LogP contribution in [0.2, 0.25) is 0 Å². The molecule has 102 valence electrons. The molecule has 0 aliphatic heterocycles. The van der Waals surface area contributed by atoms with Crippen molar-refractivity contribution in [1.82, 2.24) is 14.7 Å². The van der Waals surface area contributed by atoms with E-state index in [1.807, 2.05) is 45.1 Å². The largest absolute Gasteiger partial charge is 0.507 e. The molecule has 1 aromatic carbocycles. The Bertz CT molecular complexity index is 602. The van der Waals surface area contributed by atoms with Gasteiger partial charge in [0.15, 0.2) is 0 Å². The highest BCUT2D eigenvalue weighted by molar-refractivity contribution is 5.75. The van der Waals surface area contributed by atoms with E-state index in [0.29, 0.717) is 18.1 Å². The second kappa shape index (κ2) is 4.93. The molecular formula is C14H20N4O. The van der Waals surface area contributed by atoms with Crippen molar-refractivity contribution in [3.8, 4) is 16.9 Å². The predicted molar refractivity (Wildman–Crippen MR) is 76.8 cm³/mol. The highest BCUT2D eigenvalue weighted by Gasteiger charge is 2.13. The monoisotopic (exact) mass is 260 g/mol. The summed E-state index contributed by atoms with van der Waals surface area (Å²) in [5.74, 6) is 0.973. The number of hydrogen-bond acceptors (Lipinski definition) is 4. The zero-order valence-corrected chi connectivity index (χ0v) is 11.8. The van der Waals surface area contributed by atoms with Crippen LogP contribution in [0.1, 0.15) is 11.1 Å². The Kier molecular flexibility index (Phi) is 3.48. The van der Waals surface area contributed by atoms with Crippen molar-refractivity contribution in [3.63, 3.8) is 0 Å². The first kappa shape index (κ1) is 13.4. The number of phenolic OH excluding ortho intramolecular Hbond substituents is 1. The normalized spacial score (nSPS) is 11.2. The van der Waals surface area contributed by atoms with Gasteiger partial charge in [-0.2, -0.15) is 5.10 Å². The third-order valence-electron chi connectivity index (χ3n) is 3.16. The van der Waals surface area contributed by atoms with Gasteiger partial charge in [0.25, 0.3) is 0 Å². The summed E-state index contributed by atoms with van der Waals surface area (Å²) in [4.78, 5) is 2.02. The van der Waals surface area contributed by atoms with Crippen molar-refractivity contribution in [1.29, 1.82) is 0 Å². The first-order valence-corrected chi connectivity index (χ1v) is 6.15. The fourth-order valence-corrected chi connectivity index (χ4v) is 2.14. The van der Waals surface area contributed by atoms with Crippen LogP contribution in [0.4, 0.5) is 5.82 Å². The molecule has 1 heterocycles. The van der Waals surface area contributed by atoms with Crippen LogP contribution < -0.4 is 5.73 Å². The molecule has 0 atom stereocenters. The lowest BCUT2D eigenvalue weighted by molar-refractivity contribution is 0.385. The fourth-order valence-electron chi connectivity index (χ4n) is 2.14. The molecule has 0 amide bonds. The molecule has 0 bridgehead atoms. The Morgan fingerprint density at radius 1 is 1.37 bits per heavy atom. The van der Waals surface area contributed by atoms with Crippen molar-refractivity contribution in [2.45, 2.75) is 13.5 Å². The van der Waals surface area contributed by atoms with E-state index in [0.717, 1.165) is 22.3 Å². The molecule has 5 heteroatoms. The summed E-state index contributed by atoms with van der Waals surface area (Å²) >= 11 is 0. The molecule has 1 aromatic heterocycles. The zero-order valence-electron chi connectivity index (χ0n) is 11.8. The van der Waals surface area contributed by atoms with E-state index in [9.17, 15) is 5.11 Å². The number of anilines is 1. The van der Waals surface area contributed by atoms with E-state index in [1.54, 1.807) is 10.9 Å². The molecule has 0 aliphatic rings. The lowest BCUT2D eigenvalue weighted by atomic mass is 10.0. The maximum Gasteiger partial charge on any atom is 0.129 e. The number of nitrogen functional groups attached to an aromatic ring is 1. The van der Waals surface area contributed by atoms with Gasteiger partial charge in [-0.15, -0.1) is 0 Å². The molecule has 5 nitrogen and oxygen atoms in total. The number of rotatable bonds is 3. The van der Waals surface area contributed by atoms with E-state index in [2.05, 4.69) is 5.10 Å². The minimum Gasteiger partial charge on any atom is -0.507 e. The summed E-state index contributed by atoms with van der Waals surface area (Å²) in [6.45, 7) is 2.57. The topological polar surface area (TPSA) is 67.3 Å². The maximum absolute atomic E-state index is 10.1. The van der Waals surface area contributed by atoms with Gasteiger partial charge in [0.2, 0.25) is 0 Å². The SMILES string of the molecule is Cc1cc(-c2cnn(C)c2N)cc(CN(C)C)c1O. The fraction of sp³-hybridized carbons (Fsp3) is 0.357. The van der Waals surface area contributed by atoms with Gasteiger partial charge in [0, 0.05) is 24.7 Å². The van der Waals surface area contributed by atoms with Crippen LogP contribution in [-0.2, 0) is 13.6 Å². The maximum atomic E-state index is 10.1. The summed E-state index contributed by atoms with van der Waals surface area (Å²) in [5, 5.41) is 14.3. The molecule has 0 spiro atoms. The van der Waals surface area contributed by atoms with Crippen molar-refractivity contribution in [3.05, 3.63) is 29.5 Å². The minimum absolute atomic E-state index is 0.347. The van der Waals surface area contributed by atoms with Crippen LogP contribution in [0.3, 0.4) is 0 Å². The molecule has 3 N–H and O–H groups in total. The lowest BCUT2D eigenvalue weighted by Crippen LogP contribution is -2.11. The molecule has 0 aliphatic carbocycles. The Hall–Kier alpha value is -2.01. The average molecular weight is 260 g/mol. The highest BCUT2D eigenvalue weighted by Crippen LogP contribution is 2.32. The van der Waals surface area contributed by atoms with Crippen LogP contribution in [0.15, 0.2) is 18.3 Å². The molecular weight excluding hydrogens is 240 g/mol. The number of aromatic nitrogens is 2. The smallest absolute Gasteiger partial charge is 0.129 e. The summed E-state index contributed by atoms with van der Waals surface area (Å²) in [6, 6.07) is 3.90. The van der Waals surface area contributed by atoms with Gasteiger partial charge in [0.05, 0.1) is 6.20 Å². The van der Waals surface area contributed by atoms with Gasteiger partial charge >= 0.3 is 0 Å². The number of nitrogens with zero attached hydrogens (tertiary/aromatic N) is 3. The molecule has 0 saturated heterocycles. The van der Waals surface area contributed by atoms with Crippen molar-refractivity contribution in [2.75, 3.05) is 19.8 Å². The number of aromatic hydroxyl groups is 1. The van der Waals surface area contributed by atoms with E-state index >= 15 is 0 Å². The predicted octanol–water partition coefficient (Wildman–Crippen LogP) is 1.74. The van der Waals surface area contributed by atoms with Gasteiger partial charge in [-0.3, -0.25) is 4.68 Å². The number of phenols is 1. The number of benzene rings is 1. The van der Waals surface area contributed by atoms with E-state index in [-0.39, 0.29) is 0 Å². The minimum atomic E-state index is 0.347. The van der Waals surface area contributed by atoms with Gasteiger partial charge in [-0.05, 0) is 44.3 Å². The van der Waals surface area contributed by atoms with Crippen LogP contribution in [0.25, 0.3) is 11.1 Å². The summed E-state index contributed by atoms with van der Waals surface area (Å²) < 4.78 is 1.64. The van der Waals surface area contributed by atoms with Crippen molar-refractivity contribution in [2.24, 2.45) is 7.05 Å². The molecule has 0 fully saturated rings. The van der Waals surface area contributed by atoms with Crippen LogP contribution in [-0.4, -0.2) is 33.9 Å². The third kappa shape index (κ3) is 2.56. The summed E-state index contributed by atoms with van der Waals surface area (Å²) in [5.41, 5.74) is 9.62. The van der Waals surface area contributed by atoms with Crippen molar-refractivity contribution < 1.29 is 5.11 Å². The standard InChI is InChI=1S/C14H20N4O/c1-9-5-10(12-7-16-18(4)14(12)15)6-11(13(9)19)8-17(2)3/h5-7,19H,8,15H2,1-4H3. The van der Waals surface area contributed by atoms with E-state index in [1.165, 1.54) is 0 Å². The molecule has 2 aromatic rings. The van der Waals surface area contributed by atoms with Gasteiger partial charge in [0.1, 0.15) is 11.6 Å². The van der Waals surface area contributed by atoms with E-state index < -0.39 is 0 Å². The van der Waals surface area contributed by atoms with Gasteiger partial charge in [-0.25, -0.2) is 0 Å². The molecule has 0 unspecified atom stereocenters.